The van der Waals surface area contributed by atoms with E-state index in [-0.39, 0.29) is 46.0 Å². The minimum absolute atomic E-state index is 0.233. The molecule has 5 rings (SSSR count). The van der Waals surface area contributed by atoms with E-state index >= 15 is 0 Å². The molecule has 5 aromatic carbocycles. The van der Waals surface area contributed by atoms with Crippen LogP contribution in [0.4, 0.5) is 0 Å². The average molecular weight is 595 g/mol. The summed E-state index contributed by atoms with van der Waals surface area (Å²) in [5, 5.41) is 80.7. The lowest BCUT2D eigenvalue weighted by Crippen LogP contribution is -2.29. The first-order chi connectivity index (χ1) is 20.8. The maximum Gasteiger partial charge on any atom is 0.157 e. The van der Waals surface area contributed by atoms with Crippen molar-refractivity contribution in [1.29, 1.82) is 0 Å². The maximum atomic E-state index is 10.4. The van der Waals surface area contributed by atoms with Crippen LogP contribution in [-0.2, 0) is 23.7 Å². The minimum atomic E-state index is -0.761. The van der Waals surface area contributed by atoms with Gasteiger partial charge in [0, 0.05) is 10.8 Å². The summed E-state index contributed by atoms with van der Waals surface area (Å²) >= 11 is 0. The summed E-state index contributed by atoms with van der Waals surface area (Å²) < 4.78 is 0. The summed E-state index contributed by atoms with van der Waals surface area (Å²) in [7, 11) is 0. The van der Waals surface area contributed by atoms with Crippen molar-refractivity contribution in [3.63, 3.8) is 0 Å². The second-order valence-corrected chi connectivity index (χ2v) is 11.6. The molecule has 44 heavy (non-hydrogen) atoms. The average Bonchev–Trinajstić information content (AvgIpc) is 2.99. The van der Waals surface area contributed by atoms with E-state index in [1.165, 1.54) is 48.5 Å². The predicted molar refractivity (Wildman–Crippen MR) is 166 cm³/mol. The third kappa shape index (κ3) is 5.62. The maximum absolute atomic E-state index is 10.4. The molecule has 8 N–H and O–H groups in total. The second-order valence-electron chi connectivity index (χ2n) is 11.6. The van der Waals surface area contributed by atoms with Gasteiger partial charge in [0.05, 0.1) is 0 Å². The van der Waals surface area contributed by atoms with Gasteiger partial charge in [-0.2, -0.15) is 0 Å². The highest BCUT2D eigenvalue weighted by Crippen LogP contribution is 2.43. The molecule has 0 saturated heterocycles. The molecule has 8 heteroatoms. The van der Waals surface area contributed by atoms with Gasteiger partial charge in [-0.1, -0.05) is 62.4 Å². The van der Waals surface area contributed by atoms with E-state index in [0.717, 1.165) is 22.3 Å². The van der Waals surface area contributed by atoms with Gasteiger partial charge in [-0.3, -0.25) is 0 Å². The van der Waals surface area contributed by atoms with Crippen molar-refractivity contribution in [2.45, 2.75) is 37.5 Å². The van der Waals surface area contributed by atoms with E-state index in [2.05, 4.69) is 0 Å². The smallest absolute Gasteiger partial charge is 0.157 e. The van der Waals surface area contributed by atoms with E-state index in [1.807, 2.05) is 38.1 Å². The first-order valence-corrected chi connectivity index (χ1v) is 14.0. The van der Waals surface area contributed by atoms with Crippen LogP contribution in [0.15, 0.2) is 97.1 Å². The molecule has 0 aliphatic carbocycles. The molecule has 8 nitrogen and oxygen atoms in total. The first-order valence-electron chi connectivity index (χ1n) is 14.0. The Morgan fingerprint density at radius 3 is 0.909 bits per heavy atom. The molecule has 0 aliphatic rings. The molecule has 0 aliphatic heterocycles. The zero-order valence-corrected chi connectivity index (χ0v) is 24.2. The highest BCUT2D eigenvalue weighted by atomic mass is 16.3. The van der Waals surface area contributed by atoms with Gasteiger partial charge in [0.2, 0.25) is 0 Å². The molecule has 0 spiro atoms. The molecule has 0 amide bonds. The Hall–Kier alpha value is -5.50. The Morgan fingerprint density at radius 1 is 0.341 bits per heavy atom. The SMILES string of the molecule is CC(Cc1ccc(O)c(O)c1)(c1ccc(C(C)(Cc2ccc(O)c(O)c2)c2ccc(O)c(O)c2)cc1)c1ccc(O)c(O)c1. The molecular weight excluding hydrogens is 560 g/mol. The normalized spacial score (nSPS) is 14.0. The van der Waals surface area contributed by atoms with Gasteiger partial charge in [0.25, 0.3) is 0 Å². The van der Waals surface area contributed by atoms with Gasteiger partial charge < -0.3 is 40.9 Å². The number of benzene rings is 5. The van der Waals surface area contributed by atoms with Gasteiger partial charge in [0.1, 0.15) is 0 Å². The van der Waals surface area contributed by atoms with Gasteiger partial charge in [-0.15, -0.1) is 0 Å². The first kappa shape index (κ1) is 30.0. The largest absolute Gasteiger partial charge is 0.504 e. The number of hydrogen-bond acceptors (Lipinski definition) is 8. The number of rotatable bonds is 8. The molecule has 5 aromatic rings. The summed E-state index contributed by atoms with van der Waals surface area (Å²) in [6, 6.07) is 26.4. The molecule has 226 valence electrons. The van der Waals surface area contributed by atoms with E-state index in [0.29, 0.717) is 24.0 Å². The van der Waals surface area contributed by atoms with Crippen LogP contribution in [0.25, 0.3) is 0 Å². The molecule has 0 bridgehead atoms. The lowest BCUT2D eigenvalue weighted by atomic mass is 9.69. The summed E-state index contributed by atoms with van der Waals surface area (Å²) in [4.78, 5) is 0. The Bertz CT molecular complexity index is 1700. The van der Waals surface area contributed by atoms with Gasteiger partial charge in [-0.05, 0) is 94.8 Å². The van der Waals surface area contributed by atoms with Crippen molar-refractivity contribution in [3.8, 4) is 46.0 Å². The summed E-state index contributed by atoms with van der Waals surface area (Å²) in [6.45, 7) is 3.96. The topological polar surface area (TPSA) is 162 Å². The van der Waals surface area contributed by atoms with Crippen LogP contribution in [0.2, 0.25) is 0 Å². The third-order valence-electron chi connectivity index (χ3n) is 8.58. The van der Waals surface area contributed by atoms with Crippen LogP contribution >= 0.6 is 0 Å². The molecular formula is C36H34O8. The molecule has 0 saturated carbocycles. The van der Waals surface area contributed by atoms with E-state index < -0.39 is 10.8 Å². The molecule has 2 atom stereocenters. The standard InChI is InChI=1S/C36H34O8/c1-35(25-9-13-29(39)33(43)17-25,19-21-3-11-27(37)31(41)15-21)23-5-7-24(8-6-23)36(2,26-10-14-30(40)34(44)18-26)20-22-4-12-28(38)32(42)16-22/h3-18,37-44H,19-20H2,1-2H3. The highest BCUT2D eigenvalue weighted by molar-refractivity contribution is 5.53. The Balaban J connectivity index is 1.62. The zero-order valence-electron chi connectivity index (χ0n) is 24.2. The third-order valence-corrected chi connectivity index (χ3v) is 8.58. The van der Waals surface area contributed by atoms with Crippen LogP contribution < -0.4 is 0 Å². The van der Waals surface area contributed by atoms with E-state index in [4.69, 9.17) is 0 Å². The van der Waals surface area contributed by atoms with Crippen molar-refractivity contribution in [3.05, 3.63) is 130 Å². The fourth-order valence-electron chi connectivity index (χ4n) is 5.86. The lowest BCUT2D eigenvalue weighted by Gasteiger charge is -2.34. The van der Waals surface area contributed by atoms with Gasteiger partial charge in [-0.25, -0.2) is 0 Å². The van der Waals surface area contributed by atoms with Crippen molar-refractivity contribution in [2.75, 3.05) is 0 Å². The summed E-state index contributed by atoms with van der Waals surface area (Å²) in [6.07, 6.45) is 0.751. The van der Waals surface area contributed by atoms with Crippen molar-refractivity contribution in [1.82, 2.24) is 0 Å². The van der Waals surface area contributed by atoms with Crippen molar-refractivity contribution >= 4 is 0 Å². The Labute approximate surface area is 254 Å². The van der Waals surface area contributed by atoms with Crippen LogP contribution in [-0.4, -0.2) is 40.9 Å². The predicted octanol–water partition coefficient (Wildman–Crippen LogP) is 6.43. The van der Waals surface area contributed by atoms with Crippen LogP contribution in [0.1, 0.15) is 47.2 Å². The zero-order chi connectivity index (χ0) is 31.8. The van der Waals surface area contributed by atoms with E-state index in [9.17, 15) is 40.9 Å². The molecule has 0 fully saturated rings. The summed E-state index contributed by atoms with van der Waals surface area (Å²) in [5.41, 5.74) is 3.07. The van der Waals surface area contributed by atoms with Crippen molar-refractivity contribution < 1.29 is 40.9 Å². The van der Waals surface area contributed by atoms with E-state index in [1.54, 1.807) is 24.3 Å². The van der Waals surface area contributed by atoms with Crippen LogP contribution in [0, 0.1) is 0 Å². The van der Waals surface area contributed by atoms with Gasteiger partial charge in [0.15, 0.2) is 46.0 Å². The minimum Gasteiger partial charge on any atom is -0.504 e. The van der Waals surface area contributed by atoms with Crippen LogP contribution in [0.3, 0.4) is 0 Å². The number of aromatic hydroxyl groups is 8. The second kappa shape index (κ2) is 11.3. The fourth-order valence-corrected chi connectivity index (χ4v) is 5.86. The monoisotopic (exact) mass is 594 g/mol. The molecule has 0 heterocycles. The number of hydrogen-bond donors (Lipinski definition) is 8. The molecule has 2 unspecified atom stereocenters. The number of phenols is 8. The highest BCUT2D eigenvalue weighted by Gasteiger charge is 2.34. The fraction of sp³-hybridized carbons (Fsp3) is 0.167. The number of phenolic OH excluding ortho intramolecular Hbond substituents is 8. The van der Waals surface area contributed by atoms with Gasteiger partial charge >= 0.3 is 0 Å². The lowest BCUT2D eigenvalue weighted by molar-refractivity contribution is 0.400. The molecule has 0 radical (unpaired) electrons. The van der Waals surface area contributed by atoms with Crippen LogP contribution in [0.5, 0.6) is 46.0 Å². The van der Waals surface area contributed by atoms with Crippen molar-refractivity contribution in [2.24, 2.45) is 0 Å². The molecule has 0 aromatic heterocycles. The Morgan fingerprint density at radius 2 is 0.614 bits per heavy atom. The Kier molecular flexibility index (Phi) is 7.70. The summed E-state index contributed by atoms with van der Waals surface area (Å²) in [5.74, 6) is -1.99. The quantitative estimate of drug-likeness (QED) is 0.0954.